The first-order valence-corrected chi connectivity index (χ1v) is 12.2. The zero-order chi connectivity index (χ0) is 25.8. The van der Waals surface area contributed by atoms with Gasteiger partial charge in [0.05, 0.1) is 17.8 Å². The summed E-state index contributed by atoms with van der Waals surface area (Å²) in [4.78, 5) is 25.9. The van der Waals surface area contributed by atoms with E-state index in [4.69, 9.17) is 29.2 Å². The van der Waals surface area contributed by atoms with Gasteiger partial charge in [0.15, 0.2) is 9.54 Å². The van der Waals surface area contributed by atoms with Gasteiger partial charge in [-0.3, -0.25) is 19.6 Å². The number of anilines is 2. The van der Waals surface area contributed by atoms with E-state index in [0.29, 0.717) is 46.7 Å². The van der Waals surface area contributed by atoms with Crippen LogP contribution in [0.5, 0.6) is 0 Å². The Balaban J connectivity index is 0.00000380. The number of rotatable bonds is 9. The van der Waals surface area contributed by atoms with Crippen LogP contribution >= 0.6 is 24.4 Å². The Labute approximate surface area is 245 Å². The minimum absolute atomic E-state index is 0. The Morgan fingerprint density at radius 1 is 1.22 bits per heavy atom. The van der Waals surface area contributed by atoms with Gasteiger partial charge in [0.25, 0.3) is 0 Å². The largest absolute Gasteiger partial charge is 1.00 e. The number of aliphatic hydroxyl groups excluding tert-OH is 1. The van der Waals surface area contributed by atoms with Crippen LogP contribution in [0.15, 0.2) is 42.5 Å². The van der Waals surface area contributed by atoms with E-state index < -0.39 is 18.2 Å². The number of aliphatic carboxylic acids is 1. The first-order valence-electron chi connectivity index (χ1n) is 11.4. The van der Waals surface area contributed by atoms with E-state index in [9.17, 15) is 19.8 Å². The van der Waals surface area contributed by atoms with Crippen LogP contribution in [0.1, 0.15) is 30.1 Å². The number of nitrogens with zero attached hydrogens (tertiary/aromatic N) is 2. The van der Waals surface area contributed by atoms with E-state index in [-0.39, 0.29) is 41.9 Å². The van der Waals surface area contributed by atoms with Crippen molar-refractivity contribution in [1.29, 1.82) is 0 Å². The number of β-amino-alcohol motifs (C(OH)–C–C–N with tert-alkyl or cyclic N) is 1. The molecule has 0 aliphatic carbocycles. The predicted octanol–water partition coefficient (Wildman–Crippen LogP) is -0.824. The third-order valence-electron chi connectivity index (χ3n) is 5.99. The molecule has 10 nitrogen and oxygen atoms in total. The Kier molecular flexibility index (Phi) is 10.2. The fraction of sp³-hybridized carbons (Fsp3) is 0.333. The van der Waals surface area contributed by atoms with Crippen molar-refractivity contribution in [2.75, 3.05) is 30.4 Å². The Bertz CT molecular complexity index is 1360. The van der Waals surface area contributed by atoms with Crippen LogP contribution in [0.3, 0.4) is 0 Å². The third-order valence-corrected chi connectivity index (χ3v) is 6.56. The van der Waals surface area contributed by atoms with Gasteiger partial charge in [-0.05, 0) is 66.2 Å². The Hall–Kier alpha value is -2.32. The average Bonchev–Trinajstić information content (AvgIpc) is 3.17. The van der Waals surface area contributed by atoms with Gasteiger partial charge in [-0.15, -0.1) is 0 Å². The summed E-state index contributed by atoms with van der Waals surface area (Å²) in [5.41, 5.74) is 3.56. The molecule has 2 heterocycles. The number of nitrogens with one attached hydrogen (secondary N) is 3. The molecule has 4 rings (SSSR count). The molecular formula is C24H26N5NaO5S2. The molecule has 3 aromatic rings. The minimum Gasteiger partial charge on any atom is -0.547 e. The molecule has 2 atom stereocenters. The van der Waals surface area contributed by atoms with Crippen molar-refractivity contribution in [3.05, 3.63) is 63.1 Å². The fourth-order valence-electron chi connectivity index (χ4n) is 4.41. The first-order chi connectivity index (χ1) is 17.3. The molecule has 190 valence electrons. The molecule has 37 heavy (non-hydrogen) atoms. The molecule has 1 aliphatic rings. The molecule has 1 amide bonds. The Morgan fingerprint density at radius 2 is 1.95 bits per heavy atom. The maximum Gasteiger partial charge on any atom is 1.00 e. The van der Waals surface area contributed by atoms with Gasteiger partial charge < -0.3 is 30.0 Å². The van der Waals surface area contributed by atoms with Crippen molar-refractivity contribution >= 4 is 47.7 Å². The molecule has 0 saturated heterocycles. The second kappa shape index (κ2) is 13.0. The molecule has 2 unspecified atom stereocenters. The van der Waals surface area contributed by atoms with Crippen molar-refractivity contribution in [2.24, 2.45) is 0 Å². The smallest absolute Gasteiger partial charge is 0.547 e. The van der Waals surface area contributed by atoms with Gasteiger partial charge in [-0.25, -0.2) is 0 Å². The zero-order valence-corrected chi connectivity index (χ0v) is 24.2. The number of benzene rings is 2. The number of carboxylic acid groups (broad SMARTS) is 1. The molecule has 1 aliphatic heterocycles. The van der Waals surface area contributed by atoms with Gasteiger partial charge in [-0.2, -0.15) is 0 Å². The van der Waals surface area contributed by atoms with Crippen molar-refractivity contribution in [3.63, 3.8) is 0 Å². The van der Waals surface area contributed by atoms with E-state index >= 15 is 0 Å². The van der Waals surface area contributed by atoms with Gasteiger partial charge in [0.1, 0.15) is 6.10 Å². The number of carboxylic acids is 1. The van der Waals surface area contributed by atoms with Crippen molar-refractivity contribution in [2.45, 2.75) is 31.5 Å². The molecule has 0 saturated carbocycles. The summed E-state index contributed by atoms with van der Waals surface area (Å²) in [7, 11) is 1.31. The van der Waals surface area contributed by atoms with Gasteiger partial charge >= 0.3 is 29.6 Å². The molecule has 0 bridgehead atoms. The standard InChI is InChI=1S/C24H27N5O5S2.Na/c1-34-21(22(32)33)14-7-8-19-15(10-14)11-18(30)13-28(19)9-3-6-20(31)25-16-4-2-5-17(12-16)29-23(35)26-27-24(29)36;/h2,4-5,7-8,10,12,18,21,30H,3,6,9,11,13H2,1H3,(H,25,31)(H,26,35)(H,27,36)(H,32,33);/q;+1/p-1. The van der Waals surface area contributed by atoms with Gasteiger partial charge in [-0.1, -0.05) is 18.2 Å². The molecule has 0 radical (unpaired) electrons. The first kappa shape index (κ1) is 29.2. The summed E-state index contributed by atoms with van der Waals surface area (Å²) in [6.45, 7) is 0.987. The number of carbonyl (C=O) groups excluding carboxylic acids is 2. The SMILES string of the molecule is COC(C(=O)[O-])c1ccc2c(c1)CC(O)CN2CCCC(=O)Nc1cccc(-n2c(=S)[nH][nH]c2=S)c1.[Na+]. The summed E-state index contributed by atoms with van der Waals surface area (Å²) in [5.74, 6) is -1.46. The van der Waals surface area contributed by atoms with Gasteiger partial charge in [0, 0.05) is 44.4 Å². The molecule has 0 spiro atoms. The van der Waals surface area contributed by atoms with Gasteiger partial charge in [0.2, 0.25) is 5.91 Å². The quantitative estimate of drug-likeness (QED) is 0.200. The maximum absolute atomic E-state index is 12.6. The van der Waals surface area contributed by atoms with Crippen LogP contribution < -0.4 is 44.9 Å². The molecule has 2 aromatic carbocycles. The number of aromatic amines is 2. The van der Waals surface area contributed by atoms with E-state index in [2.05, 4.69) is 15.5 Å². The van der Waals surface area contributed by atoms with Crippen LogP contribution in [-0.2, 0) is 20.7 Å². The molecule has 1 aromatic heterocycles. The normalized spacial score (nSPS) is 15.4. The third kappa shape index (κ3) is 6.96. The summed E-state index contributed by atoms with van der Waals surface area (Å²) in [5, 5.41) is 30.2. The number of hydrogen-bond donors (Lipinski definition) is 4. The van der Waals surface area contributed by atoms with E-state index in [1.165, 1.54) is 7.11 Å². The number of ether oxygens (including phenoxy) is 1. The van der Waals surface area contributed by atoms with Crippen LogP contribution in [0, 0.1) is 9.54 Å². The molecular weight excluding hydrogens is 525 g/mol. The van der Waals surface area contributed by atoms with Crippen LogP contribution in [-0.4, -0.2) is 58.1 Å². The second-order valence-corrected chi connectivity index (χ2v) is 9.30. The topological polar surface area (TPSA) is 138 Å². The number of methoxy groups -OCH3 is 1. The average molecular weight is 552 g/mol. The summed E-state index contributed by atoms with van der Waals surface area (Å²) < 4.78 is 7.54. The summed E-state index contributed by atoms with van der Waals surface area (Å²) >= 11 is 10.5. The minimum atomic E-state index is -1.32. The number of carbonyl (C=O) groups is 2. The molecule has 13 heteroatoms. The van der Waals surface area contributed by atoms with E-state index in [1.807, 2.05) is 23.1 Å². The van der Waals surface area contributed by atoms with Crippen molar-refractivity contribution < 1.29 is 54.1 Å². The number of H-pyrrole nitrogens is 2. The predicted molar refractivity (Wildman–Crippen MR) is 137 cm³/mol. The summed E-state index contributed by atoms with van der Waals surface area (Å²) in [6.07, 6.45) is -0.513. The van der Waals surface area contributed by atoms with Crippen LogP contribution in [0.2, 0.25) is 0 Å². The second-order valence-electron chi connectivity index (χ2n) is 8.52. The fourth-order valence-corrected chi connectivity index (χ4v) is 4.97. The van der Waals surface area contributed by atoms with Crippen LogP contribution in [0.4, 0.5) is 11.4 Å². The number of aliphatic hydroxyl groups is 1. The summed E-state index contributed by atoms with van der Waals surface area (Å²) in [6, 6.07) is 12.5. The monoisotopic (exact) mass is 551 g/mol. The maximum atomic E-state index is 12.6. The Morgan fingerprint density at radius 3 is 2.62 bits per heavy atom. The number of hydrogen-bond acceptors (Lipinski definition) is 8. The van der Waals surface area contributed by atoms with Crippen molar-refractivity contribution in [1.82, 2.24) is 14.8 Å². The zero-order valence-electron chi connectivity index (χ0n) is 20.5. The van der Waals surface area contributed by atoms with Crippen LogP contribution in [0.25, 0.3) is 5.69 Å². The number of fused-ring (bicyclic) bond motifs is 1. The van der Waals surface area contributed by atoms with E-state index in [1.54, 1.807) is 28.8 Å². The molecule has 0 fully saturated rings. The van der Waals surface area contributed by atoms with Crippen molar-refractivity contribution in [3.8, 4) is 5.69 Å². The van der Waals surface area contributed by atoms with E-state index in [0.717, 1.165) is 16.9 Å². The number of aromatic nitrogens is 3. The molecule has 4 N–H and O–H groups in total. The number of amides is 1.